The summed E-state index contributed by atoms with van der Waals surface area (Å²) in [6, 6.07) is 5.82. The highest BCUT2D eigenvalue weighted by Crippen LogP contribution is 2.24. The molecule has 6 heteroatoms. The number of likely N-dealkylation sites (tertiary alicyclic amines) is 1. The van der Waals surface area contributed by atoms with Crippen LogP contribution in [0.5, 0.6) is 5.88 Å². The van der Waals surface area contributed by atoms with Crippen molar-refractivity contribution in [3.8, 4) is 5.88 Å². The first-order valence-electron chi connectivity index (χ1n) is 6.92. The second kappa shape index (κ2) is 6.81. The summed E-state index contributed by atoms with van der Waals surface area (Å²) in [6.07, 6.45) is 5.84. The molecule has 0 bridgehead atoms. The Morgan fingerprint density at radius 3 is 2.75 bits per heavy atom. The summed E-state index contributed by atoms with van der Waals surface area (Å²) < 4.78 is 7.48. The molecule has 1 saturated heterocycles. The zero-order valence-electron chi connectivity index (χ0n) is 11.5. The molecule has 0 unspecified atom stereocenters. The van der Waals surface area contributed by atoms with E-state index in [1.165, 1.54) is 32.4 Å². The zero-order chi connectivity index (χ0) is 13.1. The standard InChI is InChI=1S/C14H20N4O.ClH/c15-13-12-6-2-5-9-18(12)16-14(13)19-11-10-17-7-3-1-4-8-17;/h2,5-6,9H,1,3-4,7-8,10-11,15H2;1H. The van der Waals surface area contributed by atoms with Crippen LogP contribution >= 0.6 is 12.4 Å². The molecule has 0 radical (unpaired) electrons. The molecule has 110 valence electrons. The van der Waals surface area contributed by atoms with Crippen molar-refractivity contribution in [3.05, 3.63) is 24.4 Å². The van der Waals surface area contributed by atoms with Gasteiger partial charge in [-0.2, -0.15) is 0 Å². The number of hydrogen-bond donors (Lipinski definition) is 1. The Hall–Kier alpha value is -1.46. The highest BCUT2D eigenvalue weighted by atomic mass is 35.5. The number of anilines is 1. The molecule has 5 nitrogen and oxygen atoms in total. The lowest BCUT2D eigenvalue weighted by atomic mass is 10.1. The van der Waals surface area contributed by atoms with Gasteiger partial charge in [-0.1, -0.05) is 12.5 Å². The van der Waals surface area contributed by atoms with Gasteiger partial charge in [0.1, 0.15) is 12.3 Å². The minimum atomic E-state index is 0. The van der Waals surface area contributed by atoms with Crippen molar-refractivity contribution in [2.75, 3.05) is 32.0 Å². The van der Waals surface area contributed by atoms with E-state index in [0.29, 0.717) is 18.2 Å². The van der Waals surface area contributed by atoms with Crippen molar-refractivity contribution in [2.24, 2.45) is 0 Å². The molecule has 3 rings (SSSR count). The van der Waals surface area contributed by atoms with Crippen LogP contribution in [0, 0.1) is 0 Å². The van der Waals surface area contributed by atoms with E-state index < -0.39 is 0 Å². The van der Waals surface area contributed by atoms with Crippen molar-refractivity contribution in [1.29, 1.82) is 0 Å². The maximum absolute atomic E-state index is 6.04. The normalized spacial score (nSPS) is 16.0. The van der Waals surface area contributed by atoms with Gasteiger partial charge in [-0.25, -0.2) is 4.52 Å². The number of piperidine rings is 1. The fraction of sp³-hybridized carbons (Fsp3) is 0.500. The van der Waals surface area contributed by atoms with Gasteiger partial charge in [0.2, 0.25) is 0 Å². The molecule has 1 aliphatic rings. The Kier molecular flexibility index (Phi) is 5.09. The number of nitrogen functional groups attached to an aromatic ring is 1. The number of hydrogen-bond acceptors (Lipinski definition) is 4. The van der Waals surface area contributed by atoms with Gasteiger partial charge >= 0.3 is 0 Å². The molecule has 1 fully saturated rings. The minimum absolute atomic E-state index is 0. The fourth-order valence-corrected chi connectivity index (χ4v) is 2.56. The maximum atomic E-state index is 6.04. The first-order chi connectivity index (χ1) is 9.34. The van der Waals surface area contributed by atoms with E-state index in [2.05, 4.69) is 10.00 Å². The smallest absolute Gasteiger partial charge is 0.257 e. The zero-order valence-corrected chi connectivity index (χ0v) is 12.3. The average Bonchev–Trinajstić information content (AvgIpc) is 2.78. The SMILES string of the molecule is Cl.Nc1c(OCCN2CCCCC2)nn2ccccc12. The molecule has 0 amide bonds. The molecule has 0 aliphatic carbocycles. The molecule has 0 aromatic carbocycles. The third kappa shape index (κ3) is 3.16. The van der Waals surface area contributed by atoms with Crippen molar-refractivity contribution < 1.29 is 4.74 Å². The topological polar surface area (TPSA) is 55.8 Å². The van der Waals surface area contributed by atoms with E-state index in [9.17, 15) is 0 Å². The highest BCUT2D eigenvalue weighted by Gasteiger charge is 2.12. The number of rotatable bonds is 4. The number of pyridine rings is 1. The first kappa shape index (κ1) is 14.9. The van der Waals surface area contributed by atoms with Crippen LogP contribution in [0.4, 0.5) is 5.69 Å². The van der Waals surface area contributed by atoms with E-state index in [-0.39, 0.29) is 12.4 Å². The van der Waals surface area contributed by atoms with Gasteiger partial charge in [-0.15, -0.1) is 17.5 Å². The Labute approximate surface area is 125 Å². The second-order valence-electron chi connectivity index (χ2n) is 5.00. The number of fused-ring (bicyclic) bond motifs is 1. The van der Waals surface area contributed by atoms with Gasteiger partial charge in [0.25, 0.3) is 5.88 Å². The van der Waals surface area contributed by atoms with Crippen molar-refractivity contribution >= 4 is 23.6 Å². The van der Waals surface area contributed by atoms with Gasteiger partial charge < -0.3 is 10.5 Å². The molecule has 1 aliphatic heterocycles. The third-order valence-corrected chi connectivity index (χ3v) is 3.64. The highest BCUT2D eigenvalue weighted by molar-refractivity contribution is 5.85. The van der Waals surface area contributed by atoms with Crippen LogP contribution in [0.1, 0.15) is 19.3 Å². The summed E-state index contributed by atoms with van der Waals surface area (Å²) in [5, 5.41) is 4.35. The van der Waals surface area contributed by atoms with E-state index in [0.717, 1.165) is 12.1 Å². The molecule has 0 saturated carbocycles. The maximum Gasteiger partial charge on any atom is 0.257 e. The van der Waals surface area contributed by atoms with Gasteiger partial charge in [0, 0.05) is 12.7 Å². The van der Waals surface area contributed by atoms with Crippen LogP contribution in [-0.2, 0) is 0 Å². The summed E-state index contributed by atoms with van der Waals surface area (Å²) in [5.74, 6) is 0.545. The lowest BCUT2D eigenvalue weighted by Gasteiger charge is -2.25. The first-order valence-corrected chi connectivity index (χ1v) is 6.92. The van der Waals surface area contributed by atoms with Crippen LogP contribution in [-0.4, -0.2) is 40.8 Å². The van der Waals surface area contributed by atoms with Crippen molar-refractivity contribution in [2.45, 2.75) is 19.3 Å². The molecule has 2 aromatic heterocycles. The Morgan fingerprint density at radius 1 is 1.20 bits per heavy atom. The third-order valence-electron chi connectivity index (χ3n) is 3.64. The van der Waals surface area contributed by atoms with Gasteiger partial charge in [0.05, 0.1) is 5.52 Å². The lowest BCUT2D eigenvalue weighted by Crippen LogP contribution is -2.33. The van der Waals surface area contributed by atoms with E-state index in [4.69, 9.17) is 10.5 Å². The Balaban J connectivity index is 0.00000147. The fourth-order valence-electron chi connectivity index (χ4n) is 2.56. The van der Waals surface area contributed by atoms with Crippen LogP contribution < -0.4 is 10.5 Å². The average molecular weight is 297 g/mol. The van der Waals surface area contributed by atoms with Crippen LogP contribution in [0.3, 0.4) is 0 Å². The number of ether oxygens (including phenoxy) is 1. The Morgan fingerprint density at radius 2 is 2.00 bits per heavy atom. The summed E-state index contributed by atoms with van der Waals surface area (Å²) >= 11 is 0. The van der Waals surface area contributed by atoms with Crippen molar-refractivity contribution in [3.63, 3.8) is 0 Å². The second-order valence-corrected chi connectivity index (χ2v) is 5.00. The molecule has 3 heterocycles. The summed E-state index contributed by atoms with van der Waals surface area (Å²) in [7, 11) is 0. The summed E-state index contributed by atoms with van der Waals surface area (Å²) in [6.45, 7) is 3.97. The molecule has 2 N–H and O–H groups in total. The molecular formula is C14H21ClN4O. The number of nitrogens with zero attached hydrogens (tertiary/aromatic N) is 3. The van der Waals surface area contributed by atoms with Crippen molar-refractivity contribution in [1.82, 2.24) is 14.5 Å². The predicted octanol–water partition coefficient (Wildman–Crippen LogP) is 2.20. The predicted molar refractivity (Wildman–Crippen MR) is 82.6 cm³/mol. The van der Waals surface area contributed by atoms with Gasteiger partial charge in [0.15, 0.2) is 0 Å². The van der Waals surface area contributed by atoms with Gasteiger partial charge in [-0.3, -0.25) is 4.90 Å². The number of nitrogens with two attached hydrogens (primary N) is 1. The van der Waals surface area contributed by atoms with E-state index >= 15 is 0 Å². The van der Waals surface area contributed by atoms with Crippen LogP contribution in [0.15, 0.2) is 24.4 Å². The monoisotopic (exact) mass is 296 g/mol. The number of halogens is 1. The molecular weight excluding hydrogens is 276 g/mol. The lowest BCUT2D eigenvalue weighted by molar-refractivity contribution is 0.180. The van der Waals surface area contributed by atoms with Crippen LogP contribution in [0.25, 0.3) is 5.52 Å². The van der Waals surface area contributed by atoms with Crippen LogP contribution in [0.2, 0.25) is 0 Å². The molecule has 0 spiro atoms. The largest absolute Gasteiger partial charge is 0.474 e. The summed E-state index contributed by atoms with van der Waals surface area (Å²) in [5.41, 5.74) is 7.56. The molecule has 0 atom stereocenters. The molecule has 2 aromatic rings. The Bertz CT molecular complexity index is 551. The van der Waals surface area contributed by atoms with Gasteiger partial charge in [-0.05, 0) is 38.1 Å². The van der Waals surface area contributed by atoms with E-state index in [1.54, 1.807) is 4.52 Å². The van der Waals surface area contributed by atoms with E-state index in [1.807, 2.05) is 24.4 Å². The minimum Gasteiger partial charge on any atom is -0.474 e. The summed E-state index contributed by atoms with van der Waals surface area (Å²) in [4.78, 5) is 2.44. The molecule has 20 heavy (non-hydrogen) atoms. The quantitative estimate of drug-likeness (QED) is 0.940. The number of aromatic nitrogens is 2.